The highest BCUT2D eigenvalue weighted by Crippen LogP contribution is 2.10. The Bertz CT molecular complexity index is 638. The van der Waals surface area contributed by atoms with Gasteiger partial charge in [-0.05, 0) is 31.9 Å². The second kappa shape index (κ2) is 9.18. The summed E-state index contributed by atoms with van der Waals surface area (Å²) in [5.74, 6) is -1.85. The minimum absolute atomic E-state index is 0.142. The second-order valence-corrected chi connectivity index (χ2v) is 5.01. The third-order valence-electron chi connectivity index (χ3n) is 3.04. The molecule has 9 nitrogen and oxygen atoms in total. The van der Waals surface area contributed by atoms with Crippen LogP contribution in [-0.2, 0) is 4.79 Å². The van der Waals surface area contributed by atoms with Gasteiger partial charge in [0, 0.05) is 6.54 Å². The highest BCUT2D eigenvalue weighted by atomic mass is 19.1. The minimum Gasteiger partial charge on any atom is -0.352 e. The number of hydrazine groups is 1. The number of aldehydes is 1. The van der Waals surface area contributed by atoms with Gasteiger partial charge in [0.2, 0.25) is 0 Å². The molecule has 24 heavy (non-hydrogen) atoms. The van der Waals surface area contributed by atoms with Crippen LogP contribution in [0, 0.1) is 28.3 Å². The van der Waals surface area contributed by atoms with Gasteiger partial charge in [0.25, 0.3) is 11.9 Å². The molecule has 1 unspecified atom stereocenters. The van der Waals surface area contributed by atoms with Gasteiger partial charge < -0.3 is 15.4 Å². The first-order valence-electron chi connectivity index (χ1n) is 7.09. The van der Waals surface area contributed by atoms with E-state index >= 15 is 0 Å². The van der Waals surface area contributed by atoms with Gasteiger partial charge in [0.15, 0.2) is 5.03 Å². The number of halogens is 1. The van der Waals surface area contributed by atoms with Crippen molar-refractivity contribution in [3.8, 4) is 0 Å². The summed E-state index contributed by atoms with van der Waals surface area (Å²) in [4.78, 5) is 33.1. The molecule has 0 saturated heterocycles. The van der Waals surface area contributed by atoms with Gasteiger partial charge in [0.1, 0.15) is 12.1 Å². The number of carbonyl (C=O) groups is 2. The van der Waals surface area contributed by atoms with Gasteiger partial charge >= 0.3 is 0 Å². The van der Waals surface area contributed by atoms with Crippen molar-refractivity contribution >= 4 is 18.2 Å². The standard InChI is InChI=1S/C14H18FN5O4/c1-9-4-5-12(15)11(7-9)13(22)18-10(8-21)3-2-6-17-14(16)19-20(23)24/h4-5,7-8,10H,2-3,6H2,1H3,(H,18,22)(H3,16,17,19). The summed E-state index contributed by atoms with van der Waals surface area (Å²) in [5, 5.41) is 21.2. The zero-order valence-corrected chi connectivity index (χ0v) is 13.0. The van der Waals surface area contributed by atoms with Gasteiger partial charge in [-0.3, -0.25) is 10.2 Å². The van der Waals surface area contributed by atoms with Crippen LogP contribution < -0.4 is 16.1 Å². The third kappa shape index (κ3) is 6.38. The van der Waals surface area contributed by atoms with E-state index in [9.17, 15) is 24.1 Å². The Labute approximate surface area is 137 Å². The lowest BCUT2D eigenvalue weighted by atomic mass is 10.1. The molecule has 0 aliphatic carbocycles. The number of hydrogen-bond donors (Lipinski definition) is 4. The fourth-order valence-corrected chi connectivity index (χ4v) is 1.90. The van der Waals surface area contributed by atoms with E-state index in [2.05, 4.69) is 10.6 Å². The summed E-state index contributed by atoms with van der Waals surface area (Å²) in [6.45, 7) is 1.91. The van der Waals surface area contributed by atoms with E-state index in [0.717, 1.165) is 0 Å². The maximum Gasteiger partial charge on any atom is 0.254 e. The summed E-state index contributed by atoms with van der Waals surface area (Å²) in [7, 11) is 0. The van der Waals surface area contributed by atoms with E-state index in [1.165, 1.54) is 18.2 Å². The molecule has 1 amide bonds. The van der Waals surface area contributed by atoms with Crippen molar-refractivity contribution in [3.05, 3.63) is 45.3 Å². The van der Waals surface area contributed by atoms with Crippen LogP contribution in [0.15, 0.2) is 18.2 Å². The Morgan fingerprint density at radius 2 is 2.21 bits per heavy atom. The molecule has 130 valence electrons. The Morgan fingerprint density at radius 3 is 2.83 bits per heavy atom. The third-order valence-corrected chi connectivity index (χ3v) is 3.04. The molecule has 1 aromatic carbocycles. The van der Waals surface area contributed by atoms with Gasteiger partial charge in [-0.1, -0.05) is 17.1 Å². The van der Waals surface area contributed by atoms with Crippen molar-refractivity contribution in [1.82, 2.24) is 16.1 Å². The normalized spacial score (nSPS) is 11.2. The van der Waals surface area contributed by atoms with Crippen molar-refractivity contribution in [2.75, 3.05) is 6.54 Å². The number of guanidine groups is 1. The van der Waals surface area contributed by atoms with Crippen LogP contribution in [0.2, 0.25) is 0 Å². The van der Waals surface area contributed by atoms with Gasteiger partial charge in [-0.2, -0.15) is 0 Å². The van der Waals surface area contributed by atoms with Crippen LogP contribution in [0.4, 0.5) is 4.39 Å². The van der Waals surface area contributed by atoms with E-state index in [1.54, 1.807) is 12.3 Å². The van der Waals surface area contributed by atoms with E-state index < -0.39 is 28.8 Å². The first kappa shape index (κ1) is 19.0. The molecule has 0 fully saturated rings. The van der Waals surface area contributed by atoms with Crippen LogP contribution >= 0.6 is 0 Å². The number of benzene rings is 1. The monoisotopic (exact) mass is 339 g/mol. The van der Waals surface area contributed by atoms with Gasteiger partial charge in [0.05, 0.1) is 11.6 Å². The first-order valence-corrected chi connectivity index (χ1v) is 7.09. The number of nitrogens with zero attached hydrogens (tertiary/aromatic N) is 1. The van der Waals surface area contributed by atoms with Crippen molar-refractivity contribution in [2.45, 2.75) is 25.8 Å². The average molecular weight is 339 g/mol. The van der Waals surface area contributed by atoms with E-state index in [-0.39, 0.29) is 18.5 Å². The number of rotatable bonds is 8. The Kier molecular flexibility index (Phi) is 7.27. The number of nitro groups is 1. The molecule has 0 heterocycles. The minimum atomic E-state index is -0.875. The predicted molar refractivity (Wildman–Crippen MR) is 83.5 cm³/mol. The van der Waals surface area contributed by atoms with Crippen LogP contribution in [0.1, 0.15) is 28.8 Å². The summed E-state index contributed by atoms with van der Waals surface area (Å²) in [5.41, 5.74) is 2.19. The molecule has 10 heteroatoms. The fourth-order valence-electron chi connectivity index (χ4n) is 1.90. The van der Waals surface area contributed by atoms with E-state index in [0.29, 0.717) is 18.3 Å². The molecular weight excluding hydrogens is 321 g/mol. The molecule has 1 aromatic rings. The van der Waals surface area contributed by atoms with Crippen molar-refractivity contribution in [1.29, 1.82) is 5.41 Å². The largest absolute Gasteiger partial charge is 0.352 e. The number of aryl methyl sites for hydroxylation is 1. The molecule has 1 atom stereocenters. The van der Waals surface area contributed by atoms with Crippen LogP contribution in [-0.4, -0.2) is 35.8 Å². The van der Waals surface area contributed by atoms with Crippen molar-refractivity contribution in [2.24, 2.45) is 0 Å². The highest BCUT2D eigenvalue weighted by Gasteiger charge is 2.16. The Morgan fingerprint density at radius 1 is 1.50 bits per heavy atom. The SMILES string of the molecule is Cc1ccc(F)c(C(=O)NC(C=O)CCCNC(=N)N[N+](=O)[O-])c1. The summed E-state index contributed by atoms with van der Waals surface area (Å²) >= 11 is 0. The van der Waals surface area contributed by atoms with Crippen LogP contribution in [0.5, 0.6) is 0 Å². The quantitative estimate of drug-likeness (QED) is 0.136. The fraction of sp³-hybridized carbons (Fsp3) is 0.357. The Balaban J connectivity index is 2.45. The lowest BCUT2D eigenvalue weighted by Crippen LogP contribution is -2.41. The maximum absolute atomic E-state index is 13.6. The topological polar surface area (TPSA) is 137 Å². The maximum atomic E-state index is 13.6. The summed E-state index contributed by atoms with van der Waals surface area (Å²) in [6.07, 6.45) is 1.13. The first-order chi connectivity index (χ1) is 11.3. The molecule has 4 N–H and O–H groups in total. The number of amides is 1. The number of nitrogens with one attached hydrogen (secondary N) is 4. The molecule has 0 aromatic heterocycles. The van der Waals surface area contributed by atoms with Gasteiger partial charge in [-0.15, -0.1) is 0 Å². The molecule has 0 bridgehead atoms. The zero-order chi connectivity index (χ0) is 18.1. The van der Waals surface area contributed by atoms with Crippen molar-refractivity contribution in [3.63, 3.8) is 0 Å². The summed E-state index contributed by atoms with van der Waals surface area (Å²) in [6, 6.07) is 3.27. The number of hydrogen-bond acceptors (Lipinski definition) is 5. The molecule has 0 spiro atoms. The van der Waals surface area contributed by atoms with Gasteiger partial charge in [-0.25, -0.2) is 14.5 Å². The van der Waals surface area contributed by atoms with Crippen LogP contribution in [0.25, 0.3) is 0 Å². The molecule has 0 saturated carbocycles. The summed E-state index contributed by atoms with van der Waals surface area (Å²) < 4.78 is 13.6. The van der Waals surface area contributed by atoms with E-state index in [4.69, 9.17) is 5.41 Å². The molecule has 0 aliphatic rings. The lowest BCUT2D eigenvalue weighted by molar-refractivity contribution is -0.525. The van der Waals surface area contributed by atoms with Crippen molar-refractivity contribution < 1.29 is 19.0 Å². The zero-order valence-electron chi connectivity index (χ0n) is 13.0. The number of carbonyl (C=O) groups excluding carboxylic acids is 2. The predicted octanol–water partition coefficient (Wildman–Crippen LogP) is 0.517. The molecule has 0 radical (unpaired) electrons. The average Bonchev–Trinajstić information content (AvgIpc) is 2.51. The second-order valence-electron chi connectivity index (χ2n) is 5.01. The molecule has 1 rings (SSSR count). The van der Waals surface area contributed by atoms with Crippen LogP contribution in [0.3, 0.4) is 0 Å². The highest BCUT2D eigenvalue weighted by molar-refractivity contribution is 5.96. The molecule has 0 aliphatic heterocycles. The lowest BCUT2D eigenvalue weighted by Gasteiger charge is -2.13. The Hall–Kier alpha value is -3.04. The molecular formula is C14H18FN5O4. The van der Waals surface area contributed by atoms with E-state index in [1.807, 2.05) is 0 Å². The smallest absolute Gasteiger partial charge is 0.254 e.